The van der Waals surface area contributed by atoms with Gasteiger partial charge in [0.1, 0.15) is 12.0 Å². The van der Waals surface area contributed by atoms with Crippen molar-refractivity contribution in [2.45, 2.75) is 6.92 Å². The standard InChI is InChI=1S/C17H16ClNO3/c1-12-5-3-4-6-15(12)22-16(11-21-2)17(20)19-14-9-7-13(18)8-10-14/h3-11H,1-2H3,(H,19,20). The van der Waals surface area contributed by atoms with E-state index in [9.17, 15) is 4.79 Å². The molecule has 1 N–H and O–H groups in total. The Kier molecular flexibility index (Phi) is 5.44. The molecule has 1 amide bonds. The normalized spacial score (nSPS) is 11.0. The second kappa shape index (κ2) is 7.52. The Morgan fingerprint density at radius 3 is 2.45 bits per heavy atom. The van der Waals surface area contributed by atoms with Gasteiger partial charge in [-0.3, -0.25) is 4.79 Å². The number of para-hydroxylation sites is 1. The van der Waals surface area contributed by atoms with E-state index in [-0.39, 0.29) is 5.76 Å². The van der Waals surface area contributed by atoms with Gasteiger partial charge in [0.2, 0.25) is 5.76 Å². The highest BCUT2D eigenvalue weighted by Crippen LogP contribution is 2.20. The number of amides is 1. The highest BCUT2D eigenvalue weighted by Gasteiger charge is 2.14. The number of carbonyl (C=O) groups is 1. The molecule has 0 aliphatic rings. The molecule has 0 saturated heterocycles. The topological polar surface area (TPSA) is 47.6 Å². The minimum absolute atomic E-state index is 0.0618. The van der Waals surface area contributed by atoms with Gasteiger partial charge in [-0.25, -0.2) is 0 Å². The number of carbonyl (C=O) groups excluding carboxylic acids is 1. The molecule has 2 rings (SSSR count). The first kappa shape index (κ1) is 15.9. The number of methoxy groups -OCH3 is 1. The number of ether oxygens (including phenoxy) is 2. The number of rotatable bonds is 5. The summed E-state index contributed by atoms with van der Waals surface area (Å²) in [6.07, 6.45) is 1.26. The van der Waals surface area contributed by atoms with Crippen molar-refractivity contribution in [2.24, 2.45) is 0 Å². The highest BCUT2D eigenvalue weighted by molar-refractivity contribution is 6.30. The van der Waals surface area contributed by atoms with Gasteiger partial charge >= 0.3 is 0 Å². The van der Waals surface area contributed by atoms with Crippen LogP contribution in [-0.2, 0) is 9.53 Å². The van der Waals surface area contributed by atoms with Crippen LogP contribution >= 0.6 is 11.6 Å². The third-order valence-electron chi connectivity index (χ3n) is 2.86. The molecular formula is C17H16ClNO3. The van der Waals surface area contributed by atoms with E-state index in [0.717, 1.165) is 5.56 Å². The Bertz CT molecular complexity index is 681. The molecule has 0 aliphatic heterocycles. The number of halogens is 1. The molecule has 0 spiro atoms. The van der Waals surface area contributed by atoms with Crippen molar-refractivity contribution in [3.05, 3.63) is 71.1 Å². The van der Waals surface area contributed by atoms with Gasteiger partial charge in [0, 0.05) is 10.7 Å². The zero-order chi connectivity index (χ0) is 15.9. The minimum atomic E-state index is -0.410. The van der Waals surface area contributed by atoms with Crippen LogP contribution in [0.15, 0.2) is 60.6 Å². The van der Waals surface area contributed by atoms with Gasteiger partial charge in [-0.05, 0) is 42.8 Å². The molecule has 0 aliphatic carbocycles. The maximum Gasteiger partial charge on any atom is 0.294 e. The molecule has 0 heterocycles. The van der Waals surface area contributed by atoms with E-state index < -0.39 is 5.91 Å². The molecule has 22 heavy (non-hydrogen) atoms. The largest absolute Gasteiger partial charge is 0.500 e. The first-order valence-corrected chi connectivity index (χ1v) is 7.01. The van der Waals surface area contributed by atoms with E-state index in [1.54, 1.807) is 30.3 Å². The predicted molar refractivity (Wildman–Crippen MR) is 87.0 cm³/mol. The van der Waals surface area contributed by atoms with E-state index in [4.69, 9.17) is 21.1 Å². The second-order valence-electron chi connectivity index (χ2n) is 4.55. The van der Waals surface area contributed by atoms with Gasteiger partial charge in [-0.2, -0.15) is 0 Å². The van der Waals surface area contributed by atoms with Gasteiger partial charge in [0.15, 0.2) is 0 Å². The van der Waals surface area contributed by atoms with Crippen LogP contribution in [0, 0.1) is 6.92 Å². The van der Waals surface area contributed by atoms with Crippen molar-refractivity contribution in [3.63, 3.8) is 0 Å². The van der Waals surface area contributed by atoms with Crippen molar-refractivity contribution < 1.29 is 14.3 Å². The van der Waals surface area contributed by atoms with Crippen LogP contribution < -0.4 is 10.1 Å². The molecule has 2 aromatic carbocycles. The van der Waals surface area contributed by atoms with E-state index in [2.05, 4.69) is 5.32 Å². The van der Waals surface area contributed by atoms with Gasteiger partial charge in [-0.1, -0.05) is 29.8 Å². The smallest absolute Gasteiger partial charge is 0.294 e. The number of benzene rings is 2. The number of anilines is 1. The summed E-state index contributed by atoms with van der Waals surface area (Å²) in [4.78, 5) is 12.3. The zero-order valence-corrected chi connectivity index (χ0v) is 13.1. The molecule has 0 bridgehead atoms. The van der Waals surface area contributed by atoms with Crippen molar-refractivity contribution in [2.75, 3.05) is 12.4 Å². The molecule has 0 saturated carbocycles. The lowest BCUT2D eigenvalue weighted by atomic mass is 10.2. The summed E-state index contributed by atoms with van der Waals surface area (Å²) < 4.78 is 10.6. The van der Waals surface area contributed by atoms with E-state index in [1.165, 1.54) is 13.4 Å². The fourth-order valence-electron chi connectivity index (χ4n) is 1.75. The quantitative estimate of drug-likeness (QED) is 0.665. The van der Waals surface area contributed by atoms with Crippen LogP contribution in [0.4, 0.5) is 5.69 Å². The van der Waals surface area contributed by atoms with Gasteiger partial charge in [-0.15, -0.1) is 0 Å². The maximum absolute atomic E-state index is 12.3. The lowest BCUT2D eigenvalue weighted by Crippen LogP contribution is -2.18. The molecular weight excluding hydrogens is 302 g/mol. The number of hydrogen-bond donors (Lipinski definition) is 1. The summed E-state index contributed by atoms with van der Waals surface area (Å²) in [6, 6.07) is 14.2. The second-order valence-corrected chi connectivity index (χ2v) is 4.98. The van der Waals surface area contributed by atoms with Crippen LogP contribution in [-0.4, -0.2) is 13.0 Å². The van der Waals surface area contributed by atoms with Gasteiger partial charge in [0.05, 0.1) is 7.11 Å². The summed E-state index contributed by atoms with van der Waals surface area (Å²) >= 11 is 5.82. The summed E-state index contributed by atoms with van der Waals surface area (Å²) in [7, 11) is 1.46. The molecule has 5 heteroatoms. The third kappa shape index (κ3) is 4.27. The Hall–Kier alpha value is -2.46. The molecule has 0 unspecified atom stereocenters. The van der Waals surface area contributed by atoms with Crippen LogP contribution in [0.3, 0.4) is 0 Å². The van der Waals surface area contributed by atoms with Crippen LogP contribution in [0.25, 0.3) is 0 Å². The van der Waals surface area contributed by atoms with E-state index in [0.29, 0.717) is 16.5 Å². The summed E-state index contributed by atoms with van der Waals surface area (Å²) in [5, 5.41) is 3.32. The van der Waals surface area contributed by atoms with Crippen LogP contribution in [0.2, 0.25) is 5.02 Å². The maximum atomic E-state index is 12.3. The van der Waals surface area contributed by atoms with E-state index in [1.807, 2.05) is 25.1 Å². The Labute approximate surface area is 134 Å². The van der Waals surface area contributed by atoms with Crippen molar-refractivity contribution in [3.8, 4) is 5.75 Å². The fraction of sp³-hybridized carbons (Fsp3) is 0.118. The lowest BCUT2D eigenvalue weighted by molar-refractivity contribution is -0.115. The molecule has 114 valence electrons. The molecule has 0 fully saturated rings. The van der Waals surface area contributed by atoms with Crippen molar-refractivity contribution in [1.29, 1.82) is 0 Å². The summed E-state index contributed by atoms with van der Waals surface area (Å²) in [6.45, 7) is 1.90. The zero-order valence-electron chi connectivity index (χ0n) is 12.3. The average molecular weight is 318 g/mol. The van der Waals surface area contributed by atoms with Crippen molar-refractivity contribution >= 4 is 23.2 Å². The van der Waals surface area contributed by atoms with Crippen LogP contribution in [0.5, 0.6) is 5.75 Å². The molecule has 2 aromatic rings. The molecule has 0 aromatic heterocycles. The molecule has 0 atom stereocenters. The number of hydrogen-bond acceptors (Lipinski definition) is 3. The van der Waals surface area contributed by atoms with Crippen LogP contribution in [0.1, 0.15) is 5.56 Å². The minimum Gasteiger partial charge on any atom is -0.500 e. The van der Waals surface area contributed by atoms with Gasteiger partial charge < -0.3 is 14.8 Å². The Balaban J connectivity index is 2.14. The lowest BCUT2D eigenvalue weighted by Gasteiger charge is -2.12. The first-order chi connectivity index (χ1) is 10.6. The summed E-state index contributed by atoms with van der Waals surface area (Å²) in [5.74, 6) is 0.247. The third-order valence-corrected chi connectivity index (χ3v) is 3.12. The van der Waals surface area contributed by atoms with E-state index >= 15 is 0 Å². The predicted octanol–water partition coefficient (Wildman–Crippen LogP) is 4.15. The van der Waals surface area contributed by atoms with Gasteiger partial charge in [0.25, 0.3) is 5.91 Å². The Morgan fingerprint density at radius 2 is 1.82 bits per heavy atom. The average Bonchev–Trinajstić information content (AvgIpc) is 2.51. The Morgan fingerprint density at radius 1 is 1.14 bits per heavy atom. The summed E-state index contributed by atoms with van der Waals surface area (Å²) in [5.41, 5.74) is 1.54. The fourth-order valence-corrected chi connectivity index (χ4v) is 1.87. The number of nitrogens with one attached hydrogen (secondary N) is 1. The first-order valence-electron chi connectivity index (χ1n) is 6.63. The van der Waals surface area contributed by atoms with Crippen molar-refractivity contribution in [1.82, 2.24) is 0 Å². The highest BCUT2D eigenvalue weighted by atomic mass is 35.5. The monoisotopic (exact) mass is 317 g/mol. The molecule has 4 nitrogen and oxygen atoms in total. The SMILES string of the molecule is COC=C(Oc1ccccc1C)C(=O)Nc1ccc(Cl)cc1. The number of aryl methyl sites for hydroxylation is 1. The molecule has 0 radical (unpaired) electrons.